The lowest BCUT2D eigenvalue weighted by molar-refractivity contribution is -0.127. The lowest BCUT2D eigenvalue weighted by atomic mass is 9.86. The molecule has 1 aromatic carbocycles. The Morgan fingerprint density at radius 1 is 1.27 bits per heavy atom. The average Bonchev–Trinajstić information content (AvgIpc) is 2.95. The number of nitrogens with zero attached hydrogens (tertiary/aromatic N) is 1. The summed E-state index contributed by atoms with van der Waals surface area (Å²) in [5.74, 6) is -1.25. The molecule has 1 saturated heterocycles. The van der Waals surface area contributed by atoms with Crippen molar-refractivity contribution in [3.05, 3.63) is 69.9 Å². The Balaban J connectivity index is 1.57. The van der Waals surface area contributed by atoms with E-state index in [2.05, 4.69) is 10.6 Å². The largest absolute Gasteiger partial charge is 0.396 e. The van der Waals surface area contributed by atoms with Crippen molar-refractivity contribution in [2.45, 2.75) is 25.2 Å². The topological polar surface area (TPSA) is 83.4 Å². The zero-order valence-corrected chi connectivity index (χ0v) is 14.1. The average molecular weight is 357 g/mol. The number of aliphatic hydroxyl groups is 1. The number of pyridine rings is 1. The molecule has 26 heavy (non-hydrogen) atoms. The van der Waals surface area contributed by atoms with Gasteiger partial charge in [0.25, 0.3) is 5.56 Å². The smallest absolute Gasteiger partial charge is 0.250 e. The van der Waals surface area contributed by atoms with Gasteiger partial charge in [0.15, 0.2) is 0 Å². The number of aromatic nitrogens is 1. The van der Waals surface area contributed by atoms with E-state index in [0.717, 1.165) is 11.3 Å². The van der Waals surface area contributed by atoms with Gasteiger partial charge in [-0.15, -0.1) is 0 Å². The molecule has 4 atom stereocenters. The standard InChI is InChI=1S/C19H20FN3O3/c20-12-6-4-11(5-7-12)8-21-19(26)17-13(10-24)14-9-23-15(18(17)22-14)2-1-3-16(23)25/h1-7,13-14,17-18,22,24H,8-10H2,(H,21,26)/t13-,14-,17+,18+/m1/s1. The molecule has 1 aromatic heterocycles. The highest BCUT2D eigenvalue weighted by Gasteiger charge is 2.50. The number of aliphatic hydroxyl groups excluding tert-OH is 1. The molecule has 2 aromatic rings. The number of hydrogen-bond acceptors (Lipinski definition) is 4. The second-order valence-electron chi connectivity index (χ2n) is 6.87. The molecule has 0 aliphatic carbocycles. The summed E-state index contributed by atoms with van der Waals surface area (Å²) in [6.45, 7) is 0.594. The van der Waals surface area contributed by atoms with Crippen LogP contribution < -0.4 is 16.2 Å². The third kappa shape index (κ3) is 2.83. The zero-order valence-electron chi connectivity index (χ0n) is 14.1. The molecule has 3 N–H and O–H groups in total. The van der Waals surface area contributed by atoms with Crippen LogP contribution in [0.15, 0.2) is 47.3 Å². The van der Waals surface area contributed by atoms with Crippen molar-refractivity contribution in [3.8, 4) is 0 Å². The van der Waals surface area contributed by atoms with Crippen molar-refractivity contribution in [1.82, 2.24) is 15.2 Å². The van der Waals surface area contributed by atoms with E-state index in [4.69, 9.17) is 0 Å². The Hall–Kier alpha value is -2.51. The highest BCUT2D eigenvalue weighted by molar-refractivity contribution is 5.80. The van der Waals surface area contributed by atoms with Crippen LogP contribution in [0.5, 0.6) is 0 Å². The molecule has 0 radical (unpaired) electrons. The third-order valence-corrected chi connectivity index (χ3v) is 5.41. The number of nitrogens with one attached hydrogen (secondary N) is 2. The summed E-state index contributed by atoms with van der Waals surface area (Å²) >= 11 is 0. The summed E-state index contributed by atoms with van der Waals surface area (Å²) in [4.78, 5) is 25.0. The van der Waals surface area contributed by atoms with Crippen LogP contribution in [-0.2, 0) is 17.9 Å². The van der Waals surface area contributed by atoms with E-state index in [1.54, 1.807) is 22.8 Å². The molecular formula is C19H20FN3O3. The first-order valence-corrected chi connectivity index (χ1v) is 8.67. The van der Waals surface area contributed by atoms with Gasteiger partial charge in [0.05, 0.1) is 12.0 Å². The number of carbonyl (C=O) groups excluding carboxylic acids is 1. The predicted molar refractivity (Wildman–Crippen MR) is 92.7 cm³/mol. The van der Waals surface area contributed by atoms with Crippen LogP contribution in [0, 0.1) is 17.7 Å². The van der Waals surface area contributed by atoms with Crippen LogP contribution in [0.25, 0.3) is 0 Å². The van der Waals surface area contributed by atoms with Crippen LogP contribution in [0.2, 0.25) is 0 Å². The number of rotatable bonds is 4. The summed E-state index contributed by atoms with van der Waals surface area (Å²) in [5.41, 5.74) is 1.47. The molecule has 3 heterocycles. The third-order valence-electron chi connectivity index (χ3n) is 5.41. The molecule has 1 fully saturated rings. The van der Waals surface area contributed by atoms with E-state index in [0.29, 0.717) is 6.54 Å². The van der Waals surface area contributed by atoms with Crippen molar-refractivity contribution in [2.24, 2.45) is 11.8 Å². The summed E-state index contributed by atoms with van der Waals surface area (Å²) in [6, 6.07) is 10.6. The van der Waals surface area contributed by atoms with Gasteiger partial charge in [0.1, 0.15) is 5.82 Å². The molecule has 0 saturated carbocycles. The van der Waals surface area contributed by atoms with Gasteiger partial charge >= 0.3 is 0 Å². The van der Waals surface area contributed by atoms with Crippen LogP contribution in [-0.4, -0.2) is 28.2 Å². The maximum Gasteiger partial charge on any atom is 0.250 e. The van der Waals surface area contributed by atoms with E-state index in [9.17, 15) is 19.1 Å². The van der Waals surface area contributed by atoms with Gasteiger partial charge in [-0.3, -0.25) is 9.59 Å². The van der Waals surface area contributed by atoms with Gasteiger partial charge in [0, 0.05) is 43.4 Å². The summed E-state index contributed by atoms with van der Waals surface area (Å²) in [5, 5.41) is 16.1. The van der Waals surface area contributed by atoms with Crippen molar-refractivity contribution in [2.75, 3.05) is 6.61 Å². The van der Waals surface area contributed by atoms with Crippen molar-refractivity contribution in [3.63, 3.8) is 0 Å². The van der Waals surface area contributed by atoms with Crippen LogP contribution in [0.3, 0.4) is 0 Å². The second-order valence-corrected chi connectivity index (χ2v) is 6.87. The van der Waals surface area contributed by atoms with Crippen LogP contribution in [0.4, 0.5) is 4.39 Å². The highest BCUT2D eigenvalue weighted by Crippen LogP contribution is 2.40. The van der Waals surface area contributed by atoms with Gasteiger partial charge in [0.2, 0.25) is 5.91 Å². The van der Waals surface area contributed by atoms with E-state index in [1.165, 1.54) is 18.2 Å². The molecule has 2 aliphatic heterocycles. The van der Waals surface area contributed by atoms with E-state index in [-0.39, 0.29) is 48.4 Å². The molecule has 0 unspecified atom stereocenters. The Morgan fingerprint density at radius 2 is 2.04 bits per heavy atom. The summed E-state index contributed by atoms with van der Waals surface area (Å²) < 4.78 is 14.7. The molecule has 6 nitrogen and oxygen atoms in total. The fourth-order valence-corrected chi connectivity index (χ4v) is 4.11. The lowest BCUT2D eigenvalue weighted by Crippen LogP contribution is -2.43. The Labute approximate surface area is 149 Å². The number of amides is 1. The van der Waals surface area contributed by atoms with Crippen molar-refractivity contribution in [1.29, 1.82) is 0 Å². The first kappa shape index (κ1) is 16.9. The van der Waals surface area contributed by atoms with Gasteiger partial charge in [-0.05, 0) is 23.8 Å². The minimum absolute atomic E-state index is 0.0944. The van der Waals surface area contributed by atoms with Crippen LogP contribution in [0.1, 0.15) is 17.3 Å². The minimum Gasteiger partial charge on any atom is -0.396 e. The van der Waals surface area contributed by atoms with E-state index in [1.807, 2.05) is 6.07 Å². The summed E-state index contributed by atoms with van der Waals surface area (Å²) in [7, 11) is 0. The minimum atomic E-state index is -0.471. The SMILES string of the molecule is O=C(NCc1ccc(F)cc1)[C@H]1[C@H](CO)[C@H]2Cn3c(cccc3=O)[C@@H]1N2. The number of hydrogen-bond donors (Lipinski definition) is 3. The quantitative estimate of drug-likeness (QED) is 0.747. The number of benzene rings is 1. The first-order chi connectivity index (χ1) is 12.6. The number of fused-ring (bicyclic) bond motifs is 4. The van der Waals surface area contributed by atoms with Crippen LogP contribution >= 0.6 is 0 Å². The molecule has 4 rings (SSSR count). The highest BCUT2D eigenvalue weighted by atomic mass is 19.1. The maximum atomic E-state index is 13.0. The van der Waals surface area contributed by atoms with Gasteiger partial charge < -0.3 is 20.3 Å². The number of halogens is 1. The van der Waals surface area contributed by atoms with Crippen molar-refractivity contribution >= 4 is 5.91 Å². The zero-order chi connectivity index (χ0) is 18.3. The van der Waals surface area contributed by atoms with Crippen molar-refractivity contribution < 1.29 is 14.3 Å². The monoisotopic (exact) mass is 357 g/mol. The predicted octanol–water partition coefficient (Wildman–Crippen LogP) is 0.555. The maximum absolute atomic E-state index is 13.0. The molecule has 1 amide bonds. The molecule has 0 spiro atoms. The molecule has 2 bridgehead atoms. The van der Waals surface area contributed by atoms with Gasteiger partial charge in [-0.1, -0.05) is 18.2 Å². The lowest BCUT2D eigenvalue weighted by Gasteiger charge is -2.27. The fraction of sp³-hybridized carbons (Fsp3) is 0.368. The Kier molecular flexibility index (Phi) is 4.34. The Bertz CT molecular complexity index is 880. The molecular weight excluding hydrogens is 337 g/mol. The molecule has 136 valence electrons. The second kappa shape index (κ2) is 6.66. The number of carbonyl (C=O) groups is 1. The normalized spacial score (nSPS) is 26.4. The Morgan fingerprint density at radius 3 is 2.77 bits per heavy atom. The van der Waals surface area contributed by atoms with Gasteiger partial charge in [-0.25, -0.2) is 4.39 Å². The molecule has 2 aliphatic rings. The van der Waals surface area contributed by atoms with E-state index >= 15 is 0 Å². The van der Waals surface area contributed by atoms with Gasteiger partial charge in [-0.2, -0.15) is 0 Å². The fourth-order valence-electron chi connectivity index (χ4n) is 4.11. The summed E-state index contributed by atoms with van der Waals surface area (Å²) in [6.07, 6.45) is 0. The van der Waals surface area contributed by atoms with E-state index < -0.39 is 5.92 Å². The first-order valence-electron chi connectivity index (χ1n) is 8.67. The molecule has 7 heteroatoms.